The van der Waals surface area contributed by atoms with Crippen LogP contribution < -0.4 is 4.90 Å². The van der Waals surface area contributed by atoms with Crippen LogP contribution in [0.1, 0.15) is 23.4 Å². The van der Waals surface area contributed by atoms with Gasteiger partial charge in [-0.3, -0.25) is 4.79 Å². The van der Waals surface area contributed by atoms with E-state index in [1.54, 1.807) is 6.33 Å². The molecule has 6 heteroatoms. The molecule has 25 heavy (non-hydrogen) atoms. The lowest BCUT2D eigenvalue weighted by Gasteiger charge is -2.38. The predicted molar refractivity (Wildman–Crippen MR) is 99.1 cm³/mol. The Hall–Kier alpha value is -2.01. The molecular formula is C19H23ClN4O. The monoisotopic (exact) mass is 358 g/mol. The lowest BCUT2D eigenvalue weighted by Crippen LogP contribution is -2.51. The largest absolute Gasteiger partial charge is 0.368 e. The van der Waals surface area contributed by atoms with Crippen LogP contribution in [0, 0.1) is 12.8 Å². The van der Waals surface area contributed by atoms with Crippen LogP contribution in [0.3, 0.4) is 0 Å². The highest BCUT2D eigenvalue weighted by Gasteiger charge is 2.31. The molecule has 1 aliphatic carbocycles. The zero-order valence-electron chi connectivity index (χ0n) is 14.5. The number of carbonyl (C=O) groups is 1. The van der Waals surface area contributed by atoms with E-state index in [-0.39, 0.29) is 5.92 Å². The van der Waals surface area contributed by atoms with E-state index in [2.05, 4.69) is 27.9 Å². The average molecular weight is 359 g/mol. The summed E-state index contributed by atoms with van der Waals surface area (Å²) in [6, 6.07) is 6.00. The fourth-order valence-corrected chi connectivity index (χ4v) is 4.13. The summed E-state index contributed by atoms with van der Waals surface area (Å²) in [6.45, 7) is 5.37. The molecule has 0 spiro atoms. The van der Waals surface area contributed by atoms with Gasteiger partial charge in [0.2, 0.25) is 5.91 Å². The van der Waals surface area contributed by atoms with E-state index in [1.807, 2.05) is 17.0 Å². The number of imidazole rings is 1. The van der Waals surface area contributed by atoms with Crippen LogP contribution in [0.2, 0.25) is 5.02 Å². The number of H-pyrrole nitrogens is 1. The lowest BCUT2D eigenvalue weighted by atomic mass is 9.88. The summed E-state index contributed by atoms with van der Waals surface area (Å²) in [4.78, 5) is 24.8. The summed E-state index contributed by atoms with van der Waals surface area (Å²) in [5, 5.41) is 0.761. The van der Waals surface area contributed by atoms with Crippen LogP contribution in [0.25, 0.3) is 0 Å². The summed E-state index contributed by atoms with van der Waals surface area (Å²) in [7, 11) is 0. The number of aromatic amines is 1. The number of halogens is 1. The molecule has 0 saturated carbocycles. The van der Waals surface area contributed by atoms with Gasteiger partial charge in [-0.2, -0.15) is 0 Å². The Morgan fingerprint density at radius 1 is 1.28 bits per heavy atom. The zero-order chi connectivity index (χ0) is 17.4. The third kappa shape index (κ3) is 3.25. The molecule has 1 saturated heterocycles. The maximum atomic E-state index is 12.9. The first-order valence-electron chi connectivity index (χ1n) is 8.93. The first kappa shape index (κ1) is 16.5. The van der Waals surface area contributed by atoms with Crippen molar-refractivity contribution in [1.82, 2.24) is 14.9 Å². The van der Waals surface area contributed by atoms with E-state index in [0.717, 1.165) is 61.9 Å². The minimum Gasteiger partial charge on any atom is -0.368 e. The van der Waals surface area contributed by atoms with E-state index in [0.29, 0.717) is 5.91 Å². The van der Waals surface area contributed by atoms with Crippen LogP contribution in [-0.2, 0) is 17.6 Å². The number of carbonyl (C=O) groups excluding carboxylic acids is 1. The van der Waals surface area contributed by atoms with Crippen molar-refractivity contribution in [2.75, 3.05) is 31.1 Å². The van der Waals surface area contributed by atoms with E-state index in [4.69, 9.17) is 11.6 Å². The summed E-state index contributed by atoms with van der Waals surface area (Å²) in [5.74, 6) is 0.384. The molecule has 1 aromatic heterocycles. The third-order valence-electron chi connectivity index (χ3n) is 5.44. The second kappa shape index (κ2) is 6.71. The van der Waals surface area contributed by atoms with Gasteiger partial charge < -0.3 is 14.8 Å². The van der Waals surface area contributed by atoms with Crippen LogP contribution in [-0.4, -0.2) is 47.0 Å². The van der Waals surface area contributed by atoms with Gasteiger partial charge in [0.1, 0.15) is 0 Å². The van der Waals surface area contributed by atoms with Crippen molar-refractivity contribution in [3.05, 3.63) is 46.5 Å². The quantitative estimate of drug-likeness (QED) is 0.898. The van der Waals surface area contributed by atoms with Crippen molar-refractivity contribution in [2.45, 2.75) is 26.2 Å². The van der Waals surface area contributed by atoms with Crippen molar-refractivity contribution in [2.24, 2.45) is 5.92 Å². The smallest absolute Gasteiger partial charge is 0.226 e. The van der Waals surface area contributed by atoms with Gasteiger partial charge in [-0.25, -0.2) is 4.98 Å². The number of aromatic nitrogens is 2. The van der Waals surface area contributed by atoms with Crippen LogP contribution in [0.4, 0.5) is 5.69 Å². The molecule has 1 aliphatic heterocycles. The molecule has 0 radical (unpaired) electrons. The Kier molecular flexibility index (Phi) is 4.42. The molecule has 1 unspecified atom stereocenters. The number of amides is 1. The van der Waals surface area contributed by atoms with Crippen LogP contribution in [0.5, 0.6) is 0 Å². The fraction of sp³-hybridized carbons (Fsp3) is 0.474. The molecule has 1 aromatic carbocycles. The number of piperazine rings is 1. The van der Waals surface area contributed by atoms with Gasteiger partial charge >= 0.3 is 0 Å². The number of nitrogens with zero attached hydrogens (tertiary/aromatic N) is 3. The lowest BCUT2D eigenvalue weighted by molar-refractivity contribution is -0.136. The Labute approximate surface area is 153 Å². The first-order chi connectivity index (χ1) is 12.1. The fourth-order valence-electron chi connectivity index (χ4n) is 3.96. The summed E-state index contributed by atoms with van der Waals surface area (Å²) < 4.78 is 0. The highest BCUT2D eigenvalue weighted by molar-refractivity contribution is 6.30. The Morgan fingerprint density at radius 3 is 2.88 bits per heavy atom. The van der Waals surface area contributed by atoms with Crippen molar-refractivity contribution in [1.29, 1.82) is 0 Å². The second-order valence-electron chi connectivity index (χ2n) is 7.01. The zero-order valence-corrected chi connectivity index (χ0v) is 15.2. The average Bonchev–Trinajstić information content (AvgIpc) is 3.11. The number of anilines is 1. The molecule has 132 valence electrons. The maximum absolute atomic E-state index is 12.9. The van der Waals surface area contributed by atoms with E-state index >= 15 is 0 Å². The van der Waals surface area contributed by atoms with E-state index in [1.165, 1.54) is 11.3 Å². The topological polar surface area (TPSA) is 52.2 Å². The van der Waals surface area contributed by atoms with Crippen molar-refractivity contribution in [3.8, 4) is 0 Å². The molecule has 0 bridgehead atoms. The molecule has 1 fully saturated rings. The van der Waals surface area contributed by atoms with Crippen LogP contribution >= 0.6 is 11.6 Å². The minimum absolute atomic E-state index is 0.0902. The molecule has 1 atom stereocenters. The molecule has 2 aromatic rings. The van der Waals surface area contributed by atoms with Gasteiger partial charge in [-0.1, -0.05) is 17.7 Å². The Balaban J connectivity index is 1.39. The number of fused-ring (bicyclic) bond motifs is 1. The standard InChI is InChI=1S/C19H23ClN4O/c1-13-2-4-15(20)11-18(13)23-6-8-24(9-7-23)19(25)14-3-5-16-17(10-14)22-12-21-16/h2,4,11-12,14H,3,5-10H2,1H3,(H,21,22). The highest BCUT2D eigenvalue weighted by atomic mass is 35.5. The second-order valence-corrected chi connectivity index (χ2v) is 7.45. The van der Waals surface area contributed by atoms with Gasteiger partial charge in [-0.15, -0.1) is 0 Å². The van der Waals surface area contributed by atoms with E-state index < -0.39 is 0 Å². The molecule has 5 nitrogen and oxygen atoms in total. The number of hydrogen-bond acceptors (Lipinski definition) is 3. The predicted octanol–water partition coefficient (Wildman–Crippen LogP) is 2.83. The minimum atomic E-state index is 0.0902. The Morgan fingerprint density at radius 2 is 2.08 bits per heavy atom. The SMILES string of the molecule is Cc1ccc(Cl)cc1N1CCN(C(=O)C2CCc3nc[nH]c3C2)CC1. The highest BCUT2D eigenvalue weighted by Crippen LogP contribution is 2.27. The number of aryl methyl sites for hydroxylation is 2. The van der Waals surface area contributed by atoms with Crippen molar-refractivity contribution >= 4 is 23.2 Å². The summed E-state index contributed by atoms with van der Waals surface area (Å²) in [5.41, 5.74) is 4.67. The number of rotatable bonds is 2. The van der Waals surface area contributed by atoms with Gasteiger partial charge in [0.05, 0.1) is 12.0 Å². The molecule has 1 amide bonds. The molecule has 4 rings (SSSR count). The maximum Gasteiger partial charge on any atom is 0.226 e. The van der Waals surface area contributed by atoms with Crippen LogP contribution in [0.15, 0.2) is 24.5 Å². The van der Waals surface area contributed by atoms with Crippen molar-refractivity contribution in [3.63, 3.8) is 0 Å². The molecular weight excluding hydrogens is 336 g/mol. The van der Waals surface area contributed by atoms with Gasteiger partial charge in [0, 0.05) is 54.9 Å². The molecule has 2 aliphatic rings. The molecule has 1 N–H and O–H groups in total. The first-order valence-corrected chi connectivity index (χ1v) is 9.30. The number of benzene rings is 1. The van der Waals surface area contributed by atoms with Gasteiger partial charge in [0.25, 0.3) is 0 Å². The number of nitrogens with one attached hydrogen (secondary N) is 1. The summed E-state index contributed by atoms with van der Waals surface area (Å²) in [6.07, 6.45) is 4.34. The van der Waals surface area contributed by atoms with Gasteiger partial charge in [0.15, 0.2) is 0 Å². The third-order valence-corrected chi connectivity index (χ3v) is 5.68. The normalized spacial score (nSPS) is 20.5. The number of hydrogen-bond donors (Lipinski definition) is 1. The van der Waals surface area contributed by atoms with Gasteiger partial charge in [-0.05, 0) is 37.5 Å². The molecule has 2 heterocycles. The van der Waals surface area contributed by atoms with Crippen molar-refractivity contribution < 1.29 is 4.79 Å². The summed E-state index contributed by atoms with van der Waals surface area (Å²) >= 11 is 6.15. The Bertz CT molecular complexity index is 779. The van der Waals surface area contributed by atoms with E-state index in [9.17, 15) is 4.79 Å².